The molecule has 0 spiro atoms. The summed E-state index contributed by atoms with van der Waals surface area (Å²) in [6, 6.07) is 36.3. The molecule has 0 fully saturated rings. The summed E-state index contributed by atoms with van der Waals surface area (Å²) in [6.45, 7) is 13.9. The van der Waals surface area contributed by atoms with E-state index in [1.54, 1.807) is 0 Å². The van der Waals surface area contributed by atoms with Crippen LogP contribution in [-0.4, -0.2) is 11.3 Å². The van der Waals surface area contributed by atoms with Gasteiger partial charge in [-0.3, -0.25) is 0 Å². The number of furan rings is 1. The summed E-state index contributed by atoms with van der Waals surface area (Å²) in [5, 5.41) is 7.37. The summed E-state index contributed by atoms with van der Waals surface area (Å²) >= 11 is 1.87. The van der Waals surface area contributed by atoms with Crippen LogP contribution in [0, 0.1) is 0 Å². The third-order valence-electron chi connectivity index (χ3n) is 10.6. The van der Waals surface area contributed by atoms with Gasteiger partial charge in [0.2, 0.25) is 0 Å². The zero-order chi connectivity index (χ0) is 32.0. The molecule has 3 aromatic heterocycles. The van der Waals surface area contributed by atoms with Crippen LogP contribution in [0.15, 0.2) is 107 Å². The van der Waals surface area contributed by atoms with Gasteiger partial charge in [-0.05, 0) is 69.3 Å². The van der Waals surface area contributed by atoms with E-state index in [1.165, 1.54) is 82.1 Å². The number of nitrogens with zero attached hydrogens (tertiary/aromatic N) is 2. The van der Waals surface area contributed by atoms with Crippen molar-refractivity contribution in [2.24, 2.45) is 0 Å². The standard InChI is InChI=1S/C42H35BN2OS/c1-41(2,3)24-15-18-26(19-16-24)44-32-20-17-25(42(4,5)6)21-30(32)43-38-33(44)23-47-40(38)29-22-35-36(28-12-8-10-14-34(28)46-35)37-27-11-7-9-13-31(27)45(43)39(29)37/h7-23H,1-6H3. The molecule has 8 aromatic rings. The molecule has 0 aliphatic carbocycles. The fraction of sp³-hybridized carbons (Fsp3) is 0.190. The van der Waals surface area contributed by atoms with Gasteiger partial charge in [-0.1, -0.05) is 102 Å². The van der Waals surface area contributed by atoms with Gasteiger partial charge in [0.25, 0.3) is 0 Å². The van der Waals surface area contributed by atoms with Crippen molar-refractivity contribution in [1.82, 2.24) is 4.48 Å². The molecule has 5 aromatic carbocycles. The summed E-state index contributed by atoms with van der Waals surface area (Å²) < 4.78 is 9.26. The van der Waals surface area contributed by atoms with E-state index in [9.17, 15) is 0 Å². The minimum absolute atomic E-state index is 0.0223. The van der Waals surface area contributed by atoms with Crippen LogP contribution in [0.25, 0.3) is 54.2 Å². The van der Waals surface area contributed by atoms with Crippen molar-refractivity contribution >= 4 is 89.9 Å². The van der Waals surface area contributed by atoms with Crippen molar-refractivity contribution in [2.45, 2.75) is 52.4 Å². The molecule has 2 aliphatic heterocycles. The van der Waals surface area contributed by atoms with Crippen LogP contribution in [0.1, 0.15) is 52.7 Å². The average molecular weight is 627 g/mol. The number of thiophene rings is 1. The van der Waals surface area contributed by atoms with Crippen LogP contribution >= 0.6 is 11.3 Å². The number of para-hydroxylation sites is 2. The minimum Gasteiger partial charge on any atom is -0.456 e. The zero-order valence-electron chi connectivity index (χ0n) is 27.6. The van der Waals surface area contributed by atoms with Crippen molar-refractivity contribution in [3.05, 3.63) is 114 Å². The maximum absolute atomic E-state index is 6.60. The Morgan fingerprint density at radius 2 is 1.36 bits per heavy atom. The third kappa shape index (κ3) is 3.58. The third-order valence-corrected chi connectivity index (χ3v) is 11.6. The van der Waals surface area contributed by atoms with E-state index in [0.29, 0.717) is 0 Å². The molecule has 228 valence electrons. The number of hydrogen-bond donors (Lipinski definition) is 0. The minimum atomic E-state index is 0.0223. The van der Waals surface area contributed by atoms with Crippen molar-refractivity contribution in [3.8, 4) is 10.4 Å². The first kappa shape index (κ1) is 27.4. The lowest BCUT2D eigenvalue weighted by molar-refractivity contribution is 0.590. The van der Waals surface area contributed by atoms with Crippen LogP contribution in [0.3, 0.4) is 0 Å². The molecule has 0 atom stereocenters. The van der Waals surface area contributed by atoms with Crippen LogP contribution in [0.5, 0.6) is 0 Å². The molecule has 5 heteroatoms. The molecule has 0 amide bonds. The Morgan fingerprint density at radius 1 is 0.660 bits per heavy atom. The van der Waals surface area contributed by atoms with E-state index in [1.807, 2.05) is 11.3 Å². The topological polar surface area (TPSA) is 21.3 Å². The van der Waals surface area contributed by atoms with E-state index in [4.69, 9.17) is 4.42 Å². The SMILES string of the molecule is CC(C)(C)c1ccc(N2c3ccc(C(C)(C)C)cc3B3c4c2csc4-c2cc4oc5ccccc5c4c4c5ccccc5n3c24)cc1. The Kier molecular flexibility index (Phi) is 5.24. The number of aromatic nitrogens is 1. The quantitative estimate of drug-likeness (QED) is 0.169. The second-order valence-corrected chi connectivity index (χ2v) is 16.3. The lowest BCUT2D eigenvalue weighted by Crippen LogP contribution is -2.56. The highest BCUT2D eigenvalue weighted by Gasteiger charge is 2.44. The van der Waals surface area contributed by atoms with Gasteiger partial charge in [0.15, 0.2) is 0 Å². The Morgan fingerprint density at radius 3 is 2.13 bits per heavy atom. The van der Waals surface area contributed by atoms with E-state index in [-0.39, 0.29) is 17.7 Å². The predicted molar refractivity (Wildman–Crippen MR) is 203 cm³/mol. The number of fused-ring (bicyclic) bond motifs is 11. The normalized spacial score (nSPS) is 14.1. The van der Waals surface area contributed by atoms with Crippen LogP contribution in [0.2, 0.25) is 0 Å². The monoisotopic (exact) mass is 626 g/mol. The van der Waals surface area contributed by atoms with E-state index in [0.717, 1.165) is 11.2 Å². The Labute approximate surface area is 279 Å². The van der Waals surface area contributed by atoms with E-state index < -0.39 is 0 Å². The van der Waals surface area contributed by atoms with Gasteiger partial charge >= 0.3 is 6.85 Å². The molecule has 0 N–H and O–H groups in total. The molecule has 0 unspecified atom stereocenters. The highest BCUT2D eigenvalue weighted by Crippen LogP contribution is 2.51. The van der Waals surface area contributed by atoms with Crippen LogP contribution < -0.4 is 15.8 Å². The summed E-state index contributed by atoms with van der Waals surface area (Å²) in [7, 11) is 0. The molecule has 2 aliphatic rings. The summed E-state index contributed by atoms with van der Waals surface area (Å²) in [6.07, 6.45) is 0. The summed E-state index contributed by atoms with van der Waals surface area (Å²) in [5.74, 6) is 0. The summed E-state index contributed by atoms with van der Waals surface area (Å²) in [4.78, 5) is 3.85. The maximum Gasteiger partial charge on any atom is 0.333 e. The zero-order valence-corrected chi connectivity index (χ0v) is 28.4. The van der Waals surface area contributed by atoms with Crippen molar-refractivity contribution in [2.75, 3.05) is 4.90 Å². The lowest BCUT2D eigenvalue weighted by atomic mass is 9.46. The van der Waals surface area contributed by atoms with Gasteiger partial charge in [0.05, 0.1) is 5.69 Å². The number of hydrogen-bond acceptors (Lipinski definition) is 3. The van der Waals surface area contributed by atoms with Gasteiger partial charge in [-0.2, -0.15) is 0 Å². The van der Waals surface area contributed by atoms with Gasteiger partial charge in [-0.25, -0.2) is 0 Å². The Bertz CT molecular complexity index is 2610. The lowest BCUT2D eigenvalue weighted by Gasteiger charge is -2.38. The summed E-state index contributed by atoms with van der Waals surface area (Å²) in [5.41, 5.74) is 15.0. The smallest absolute Gasteiger partial charge is 0.333 e. The van der Waals surface area contributed by atoms with Crippen LogP contribution in [-0.2, 0) is 10.8 Å². The van der Waals surface area contributed by atoms with Crippen molar-refractivity contribution in [3.63, 3.8) is 0 Å². The van der Waals surface area contributed by atoms with Crippen molar-refractivity contribution in [1.29, 1.82) is 0 Å². The molecule has 0 saturated carbocycles. The Balaban J connectivity index is 1.35. The number of anilines is 3. The molecule has 0 saturated heterocycles. The molecule has 0 bridgehead atoms. The van der Waals surface area contributed by atoms with Crippen molar-refractivity contribution < 1.29 is 4.42 Å². The van der Waals surface area contributed by atoms with E-state index in [2.05, 4.69) is 153 Å². The van der Waals surface area contributed by atoms with Gasteiger partial charge in [-0.15, -0.1) is 11.3 Å². The molecule has 47 heavy (non-hydrogen) atoms. The second-order valence-electron chi connectivity index (χ2n) is 15.4. The van der Waals surface area contributed by atoms with Gasteiger partial charge in [0.1, 0.15) is 11.2 Å². The first-order valence-corrected chi connectivity index (χ1v) is 17.5. The number of rotatable bonds is 1. The molecule has 3 nitrogen and oxygen atoms in total. The predicted octanol–water partition coefficient (Wildman–Crippen LogP) is 10.8. The highest BCUT2D eigenvalue weighted by molar-refractivity contribution is 7.17. The molecular weight excluding hydrogens is 591 g/mol. The Hall–Kier alpha value is -4.74. The molecular formula is C42H35BN2OS. The highest BCUT2D eigenvalue weighted by atomic mass is 32.1. The average Bonchev–Trinajstić information content (AvgIpc) is 3.75. The largest absolute Gasteiger partial charge is 0.456 e. The van der Waals surface area contributed by atoms with E-state index >= 15 is 0 Å². The van der Waals surface area contributed by atoms with Crippen LogP contribution in [0.4, 0.5) is 17.1 Å². The fourth-order valence-corrected chi connectivity index (χ4v) is 9.32. The maximum atomic E-state index is 6.60. The first-order chi connectivity index (χ1) is 22.6. The number of benzene rings is 5. The first-order valence-electron chi connectivity index (χ1n) is 16.6. The fourth-order valence-electron chi connectivity index (χ4n) is 8.24. The van der Waals surface area contributed by atoms with Gasteiger partial charge in [0, 0.05) is 59.8 Å². The second kappa shape index (κ2) is 8.99. The molecule has 5 heterocycles. The van der Waals surface area contributed by atoms with Gasteiger partial charge < -0.3 is 13.8 Å². The molecule has 10 rings (SSSR count). The molecule has 0 radical (unpaired) electrons.